The van der Waals surface area contributed by atoms with Gasteiger partial charge in [0.15, 0.2) is 6.10 Å². The van der Waals surface area contributed by atoms with Crippen LogP contribution in [0.25, 0.3) is 10.9 Å². The maximum Gasteiger partial charge on any atom is 0.265 e. The normalized spacial score (nSPS) is 12.1. The van der Waals surface area contributed by atoms with Crippen LogP contribution >= 0.6 is 11.6 Å². The molecule has 3 rings (SSSR count). The lowest BCUT2D eigenvalue weighted by atomic mass is 10.2. The fourth-order valence-electron chi connectivity index (χ4n) is 2.06. The summed E-state index contributed by atoms with van der Waals surface area (Å²) in [6.07, 6.45) is 1.06. The SMILES string of the molecule is CC(Oc1cccc(Cl)c1)C(=O)Nc1ccc2[nH]ncc2c1. The number of hydrogen-bond acceptors (Lipinski definition) is 3. The zero-order valence-corrected chi connectivity index (χ0v) is 12.6. The first kappa shape index (κ1) is 14.4. The maximum atomic E-state index is 12.2. The Bertz CT molecular complexity index is 816. The summed E-state index contributed by atoms with van der Waals surface area (Å²) in [4.78, 5) is 12.2. The number of hydrogen-bond donors (Lipinski definition) is 2. The first-order valence-electron chi connectivity index (χ1n) is 6.78. The van der Waals surface area contributed by atoms with E-state index in [9.17, 15) is 4.79 Å². The predicted molar refractivity (Wildman–Crippen MR) is 86.3 cm³/mol. The smallest absolute Gasteiger partial charge is 0.265 e. The van der Waals surface area contributed by atoms with Gasteiger partial charge in [0.05, 0.1) is 11.7 Å². The zero-order valence-electron chi connectivity index (χ0n) is 11.8. The van der Waals surface area contributed by atoms with E-state index in [-0.39, 0.29) is 5.91 Å². The van der Waals surface area contributed by atoms with Crippen LogP contribution in [-0.4, -0.2) is 22.2 Å². The number of H-pyrrole nitrogens is 1. The Morgan fingerprint density at radius 3 is 3.00 bits per heavy atom. The Labute approximate surface area is 132 Å². The van der Waals surface area contributed by atoms with Crippen LogP contribution in [0.4, 0.5) is 5.69 Å². The quantitative estimate of drug-likeness (QED) is 0.772. The van der Waals surface area contributed by atoms with E-state index >= 15 is 0 Å². The van der Waals surface area contributed by atoms with Crippen molar-refractivity contribution in [3.63, 3.8) is 0 Å². The fourth-order valence-corrected chi connectivity index (χ4v) is 2.24. The number of anilines is 1. The number of carbonyl (C=O) groups excluding carboxylic acids is 1. The van der Waals surface area contributed by atoms with E-state index in [2.05, 4.69) is 15.5 Å². The van der Waals surface area contributed by atoms with Gasteiger partial charge in [-0.2, -0.15) is 5.10 Å². The molecule has 2 aromatic carbocycles. The van der Waals surface area contributed by atoms with Crippen LogP contribution in [0.3, 0.4) is 0 Å². The van der Waals surface area contributed by atoms with Crippen LogP contribution in [0.15, 0.2) is 48.7 Å². The zero-order chi connectivity index (χ0) is 15.5. The van der Waals surface area contributed by atoms with Crippen LogP contribution in [0, 0.1) is 0 Å². The summed E-state index contributed by atoms with van der Waals surface area (Å²) in [7, 11) is 0. The topological polar surface area (TPSA) is 67.0 Å². The Kier molecular flexibility index (Phi) is 3.98. The number of rotatable bonds is 4. The molecule has 6 heteroatoms. The number of benzene rings is 2. The molecule has 5 nitrogen and oxygen atoms in total. The largest absolute Gasteiger partial charge is 0.481 e. The molecular formula is C16H14ClN3O2. The summed E-state index contributed by atoms with van der Waals surface area (Å²) in [5.74, 6) is 0.322. The Balaban J connectivity index is 1.67. The average molecular weight is 316 g/mol. The molecule has 1 unspecified atom stereocenters. The average Bonchev–Trinajstić information content (AvgIpc) is 2.94. The molecule has 3 aromatic rings. The maximum absolute atomic E-state index is 12.2. The van der Waals surface area contributed by atoms with Gasteiger partial charge in [-0.25, -0.2) is 0 Å². The highest BCUT2D eigenvalue weighted by molar-refractivity contribution is 6.30. The van der Waals surface area contributed by atoms with Gasteiger partial charge in [-0.05, 0) is 43.3 Å². The highest BCUT2D eigenvalue weighted by Crippen LogP contribution is 2.20. The summed E-state index contributed by atoms with van der Waals surface area (Å²) in [5, 5.41) is 11.1. The van der Waals surface area contributed by atoms with Gasteiger partial charge in [0.2, 0.25) is 0 Å². The lowest BCUT2D eigenvalue weighted by molar-refractivity contribution is -0.122. The number of halogens is 1. The number of aromatic amines is 1. The van der Waals surface area contributed by atoms with Gasteiger partial charge >= 0.3 is 0 Å². The Morgan fingerprint density at radius 2 is 2.18 bits per heavy atom. The molecular weight excluding hydrogens is 302 g/mol. The fraction of sp³-hybridized carbons (Fsp3) is 0.125. The Morgan fingerprint density at radius 1 is 1.32 bits per heavy atom. The Hall–Kier alpha value is -2.53. The van der Waals surface area contributed by atoms with Gasteiger partial charge in [-0.1, -0.05) is 17.7 Å². The van der Waals surface area contributed by atoms with Gasteiger partial charge in [-0.3, -0.25) is 9.89 Å². The molecule has 112 valence electrons. The van der Waals surface area contributed by atoms with Crippen molar-refractivity contribution in [3.8, 4) is 5.75 Å². The second kappa shape index (κ2) is 6.07. The first-order chi connectivity index (χ1) is 10.6. The standard InChI is InChI=1S/C16H14ClN3O2/c1-10(22-14-4-2-3-12(17)8-14)16(21)19-13-5-6-15-11(7-13)9-18-20-15/h2-10H,1H3,(H,18,20)(H,19,21). The van der Waals surface area contributed by atoms with Gasteiger partial charge in [0.1, 0.15) is 5.75 Å². The molecule has 1 aromatic heterocycles. The lowest BCUT2D eigenvalue weighted by Gasteiger charge is -2.15. The van der Waals surface area contributed by atoms with E-state index in [1.807, 2.05) is 18.2 Å². The summed E-state index contributed by atoms with van der Waals surface area (Å²) in [6.45, 7) is 1.69. The summed E-state index contributed by atoms with van der Waals surface area (Å²) < 4.78 is 5.59. The monoisotopic (exact) mass is 315 g/mol. The summed E-state index contributed by atoms with van der Waals surface area (Å²) in [6, 6.07) is 12.5. The van der Waals surface area contributed by atoms with E-state index in [1.54, 1.807) is 37.4 Å². The number of aromatic nitrogens is 2. The number of ether oxygens (including phenoxy) is 1. The van der Waals surface area contributed by atoms with Gasteiger partial charge < -0.3 is 10.1 Å². The van der Waals surface area contributed by atoms with Crippen molar-refractivity contribution in [1.29, 1.82) is 0 Å². The minimum absolute atomic E-state index is 0.233. The third-order valence-corrected chi connectivity index (χ3v) is 3.42. The van der Waals surface area contributed by atoms with Crippen molar-refractivity contribution >= 4 is 34.1 Å². The molecule has 1 atom stereocenters. The molecule has 1 amide bonds. The van der Waals surface area contributed by atoms with Crippen molar-refractivity contribution in [3.05, 3.63) is 53.7 Å². The molecule has 1 heterocycles. The molecule has 0 spiro atoms. The minimum atomic E-state index is -0.640. The van der Waals surface area contributed by atoms with Crippen LogP contribution in [-0.2, 0) is 4.79 Å². The second-order valence-electron chi connectivity index (χ2n) is 4.88. The second-order valence-corrected chi connectivity index (χ2v) is 5.32. The van der Waals surface area contributed by atoms with Crippen molar-refractivity contribution in [1.82, 2.24) is 10.2 Å². The van der Waals surface area contributed by atoms with Crippen molar-refractivity contribution in [2.45, 2.75) is 13.0 Å². The minimum Gasteiger partial charge on any atom is -0.481 e. The van der Waals surface area contributed by atoms with E-state index in [4.69, 9.17) is 16.3 Å². The third kappa shape index (κ3) is 3.20. The number of fused-ring (bicyclic) bond motifs is 1. The number of amides is 1. The number of nitrogens with one attached hydrogen (secondary N) is 2. The van der Waals surface area contributed by atoms with E-state index < -0.39 is 6.10 Å². The third-order valence-electron chi connectivity index (χ3n) is 3.19. The number of carbonyl (C=O) groups is 1. The highest BCUT2D eigenvalue weighted by atomic mass is 35.5. The molecule has 0 aliphatic carbocycles. The summed E-state index contributed by atoms with van der Waals surface area (Å²) in [5.41, 5.74) is 1.61. The molecule has 0 bridgehead atoms. The predicted octanol–water partition coefficient (Wildman–Crippen LogP) is 3.62. The molecule has 0 saturated heterocycles. The van der Waals surface area contributed by atoms with Crippen LogP contribution in [0.1, 0.15) is 6.92 Å². The van der Waals surface area contributed by atoms with Crippen LogP contribution < -0.4 is 10.1 Å². The molecule has 0 fully saturated rings. The van der Waals surface area contributed by atoms with Gasteiger partial charge in [0, 0.05) is 16.1 Å². The molecule has 2 N–H and O–H groups in total. The van der Waals surface area contributed by atoms with Gasteiger partial charge in [0.25, 0.3) is 5.91 Å². The molecule has 0 radical (unpaired) electrons. The molecule has 0 aliphatic rings. The van der Waals surface area contributed by atoms with Crippen molar-refractivity contribution in [2.75, 3.05) is 5.32 Å². The van der Waals surface area contributed by atoms with E-state index in [1.165, 1.54) is 0 Å². The van der Waals surface area contributed by atoms with E-state index in [0.29, 0.717) is 16.5 Å². The molecule has 22 heavy (non-hydrogen) atoms. The lowest BCUT2D eigenvalue weighted by Crippen LogP contribution is -2.30. The molecule has 0 saturated carbocycles. The molecule has 0 aliphatic heterocycles. The van der Waals surface area contributed by atoms with Gasteiger partial charge in [-0.15, -0.1) is 0 Å². The highest BCUT2D eigenvalue weighted by Gasteiger charge is 2.15. The van der Waals surface area contributed by atoms with Crippen LogP contribution in [0.5, 0.6) is 5.75 Å². The summed E-state index contributed by atoms with van der Waals surface area (Å²) >= 11 is 5.89. The number of nitrogens with zero attached hydrogens (tertiary/aromatic N) is 1. The van der Waals surface area contributed by atoms with Crippen LogP contribution in [0.2, 0.25) is 5.02 Å². The van der Waals surface area contributed by atoms with Crippen molar-refractivity contribution < 1.29 is 9.53 Å². The first-order valence-corrected chi connectivity index (χ1v) is 7.16. The van der Waals surface area contributed by atoms with Crippen molar-refractivity contribution in [2.24, 2.45) is 0 Å². The van der Waals surface area contributed by atoms with E-state index in [0.717, 1.165) is 10.9 Å².